The maximum Gasteiger partial charge on any atom is 0.317 e. The van der Waals surface area contributed by atoms with E-state index < -0.39 is 11.4 Å². The fourth-order valence-electron chi connectivity index (χ4n) is 5.01. The molecule has 7 heteroatoms. The van der Waals surface area contributed by atoms with Crippen LogP contribution >= 0.6 is 0 Å². The Balaban J connectivity index is 1.20. The van der Waals surface area contributed by atoms with E-state index in [1.165, 1.54) is 11.1 Å². The normalized spacial score (nSPS) is 25.5. The van der Waals surface area contributed by atoms with E-state index in [0.29, 0.717) is 52.0 Å². The molecule has 4 rings (SSSR count). The number of carbonyl (C=O) groups excluding carboxylic acids is 2. The Morgan fingerprint density at radius 1 is 1.14 bits per heavy atom. The van der Waals surface area contributed by atoms with Crippen molar-refractivity contribution in [3.63, 3.8) is 0 Å². The van der Waals surface area contributed by atoms with Crippen molar-refractivity contribution in [1.29, 1.82) is 0 Å². The summed E-state index contributed by atoms with van der Waals surface area (Å²) in [5.41, 5.74) is 1.66. The number of benzene rings is 1. The zero-order valence-corrected chi connectivity index (χ0v) is 16.0. The molecule has 1 saturated heterocycles. The van der Waals surface area contributed by atoms with Gasteiger partial charge in [0.1, 0.15) is 0 Å². The number of rotatable bonds is 5. The summed E-state index contributed by atoms with van der Waals surface area (Å²) in [4.78, 5) is 40.0. The number of hydrogen-bond acceptors (Lipinski definition) is 3. The number of nitrogens with zero attached hydrogens (tertiary/aromatic N) is 2. The van der Waals surface area contributed by atoms with Crippen LogP contribution in [0.25, 0.3) is 0 Å². The molecule has 7 nitrogen and oxygen atoms in total. The van der Waals surface area contributed by atoms with E-state index in [4.69, 9.17) is 0 Å². The fourth-order valence-corrected chi connectivity index (χ4v) is 5.01. The molecule has 1 saturated carbocycles. The van der Waals surface area contributed by atoms with Gasteiger partial charge in [-0.25, -0.2) is 4.79 Å². The second kappa shape index (κ2) is 7.45. The third-order valence-corrected chi connectivity index (χ3v) is 6.62. The molecule has 0 bridgehead atoms. The highest BCUT2D eigenvalue weighted by molar-refractivity contribution is 5.80. The van der Waals surface area contributed by atoms with Crippen LogP contribution in [0.3, 0.4) is 0 Å². The summed E-state index contributed by atoms with van der Waals surface area (Å²) in [7, 11) is 0. The first kappa shape index (κ1) is 18.8. The minimum atomic E-state index is -0.775. The lowest BCUT2D eigenvalue weighted by Crippen LogP contribution is -2.42. The summed E-state index contributed by atoms with van der Waals surface area (Å²) in [6, 6.07) is 7.87. The Hall–Kier alpha value is -2.57. The van der Waals surface area contributed by atoms with Crippen molar-refractivity contribution < 1.29 is 19.5 Å². The van der Waals surface area contributed by atoms with E-state index in [-0.39, 0.29) is 17.9 Å². The second-order valence-electron chi connectivity index (χ2n) is 8.28. The summed E-state index contributed by atoms with van der Waals surface area (Å²) < 4.78 is 0. The van der Waals surface area contributed by atoms with Crippen LogP contribution in [0.1, 0.15) is 43.2 Å². The molecule has 2 heterocycles. The molecule has 0 aromatic heterocycles. The van der Waals surface area contributed by atoms with Gasteiger partial charge >= 0.3 is 12.0 Å². The SMILES string of the molecule is O=C(CCCNC(=O)N1C[C@@H]2CCC[C@@]2(C(=O)O)C1)N1Cc2ccccc2C1. The predicted molar refractivity (Wildman–Crippen MR) is 102 cm³/mol. The molecule has 2 fully saturated rings. The summed E-state index contributed by atoms with van der Waals surface area (Å²) in [5, 5.41) is 12.5. The van der Waals surface area contributed by atoms with Gasteiger partial charge in [0, 0.05) is 39.1 Å². The van der Waals surface area contributed by atoms with Crippen LogP contribution in [-0.2, 0) is 22.7 Å². The number of amides is 3. The molecule has 2 N–H and O–H groups in total. The monoisotopic (exact) mass is 385 g/mol. The standard InChI is InChI=1S/C21H27N3O4/c25-18(23-11-15-5-1-2-6-16(15)12-23)8-4-10-22-20(28)24-13-17-7-3-9-21(17,14-24)19(26)27/h1-2,5-6,17H,3-4,7-14H2,(H,22,28)(H,26,27)/t17-,21+/m0/s1. The van der Waals surface area contributed by atoms with E-state index in [0.717, 1.165) is 12.8 Å². The van der Waals surface area contributed by atoms with Crippen LogP contribution in [-0.4, -0.2) is 52.4 Å². The number of nitrogens with one attached hydrogen (secondary N) is 1. The van der Waals surface area contributed by atoms with Crippen molar-refractivity contribution >= 4 is 17.9 Å². The minimum Gasteiger partial charge on any atom is -0.481 e. The molecular formula is C21H27N3O4. The Morgan fingerprint density at radius 3 is 2.50 bits per heavy atom. The maximum atomic E-state index is 12.4. The maximum absolute atomic E-state index is 12.4. The summed E-state index contributed by atoms with van der Waals surface area (Å²) in [6.45, 7) is 2.56. The summed E-state index contributed by atoms with van der Waals surface area (Å²) in [6.07, 6.45) is 3.44. The molecule has 150 valence electrons. The van der Waals surface area contributed by atoms with Crippen molar-refractivity contribution in [2.75, 3.05) is 19.6 Å². The molecule has 0 spiro atoms. The van der Waals surface area contributed by atoms with Gasteiger partial charge in [-0.05, 0) is 36.3 Å². The van der Waals surface area contributed by atoms with E-state index in [1.807, 2.05) is 17.0 Å². The van der Waals surface area contributed by atoms with E-state index in [1.54, 1.807) is 4.90 Å². The van der Waals surface area contributed by atoms with E-state index >= 15 is 0 Å². The number of urea groups is 1. The number of carbonyl (C=O) groups is 3. The van der Waals surface area contributed by atoms with Crippen molar-refractivity contribution in [1.82, 2.24) is 15.1 Å². The van der Waals surface area contributed by atoms with E-state index in [2.05, 4.69) is 17.4 Å². The molecule has 2 aliphatic heterocycles. The van der Waals surface area contributed by atoms with Gasteiger partial charge in [-0.2, -0.15) is 0 Å². The first-order valence-corrected chi connectivity index (χ1v) is 10.1. The Kier molecular flexibility index (Phi) is 5.00. The molecule has 3 aliphatic rings. The molecule has 2 atom stereocenters. The zero-order chi connectivity index (χ0) is 19.7. The Morgan fingerprint density at radius 2 is 1.86 bits per heavy atom. The lowest BCUT2D eigenvalue weighted by Gasteiger charge is -2.23. The average molecular weight is 385 g/mol. The van der Waals surface area contributed by atoms with Gasteiger partial charge in [0.25, 0.3) is 0 Å². The molecule has 1 aromatic rings. The topological polar surface area (TPSA) is 90.0 Å². The molecule has 1 aliphatic carbocycles. The molecular weight excluding hydrogens is 358 g/mol. The van der Waals surface area contributed by atoms with Crippen molar-refractivity contribution in [2.24, 2.45) is 11.3 Å². The van der Waals surface area contributed by atoms with Gasteiger partial charge in [0.2, 0.25) is 5.91 Å². The number of carboxylic acid groups (broad SMARTS) is 1. The van der Waals surface area contributed by atoms with Crippen molar-refractivity contribution in [3.05, 3.63) is 35.4 Å². The second-order valence-corrected chi connectivity index (χ2v) is 8.28. The molecule has 1 aromatic carbocycles. The molecule has 3 amide bonds. The van der Waals surface area contributed by atoms with Crippen LogP contribution in [0.5, 0.6) is 0 Å². The largest absolute Gasteiger partial charge is 0.481 e. The molecule has 0 radical (unpaired) electrons. The zero-order valence-electron chi connectivity index (χ0n) is 16.0. The van der Waals surface area contributed by atoms with E-state index in [9.17, 15) is 19.5 Å². The number of aliphatic carboxylic acids is 1. The van der Waals surface area contributed by atoms with Crippen LogP contribution in [0.15, 0.2) is 24.3 Å². The Labute approximate surface area is 164 Å². The first-order chi connectivity index (χ1) is 13.5. The van der Waals surface area contributed by atoms with Gasteiger partial charge in [-0.3, -0.25) is 9.59 Å². The third-order valence-electron chi connectivity index (χ3n) is 6.62. The van der Waals surface area contributed by atoms with Gasteiger partial charge < -0.3 is 20.2 Å². The van der Waals surface area contributed by atoms with Crippen LogP contribution in [0, 0.1) is 11.3 Å². The van der Waals surface area contributed by atoms with Crippen LogP contribution < -0.4 is 5.32 Å². The first-order valence-electron chi connectivity index (χ1n) is 10.1. The quantitative estimate of drug-likeness (QED) is 0.761. The molecule has 0 unspecified atom stereocenters. The highest BCUT2D eigenvalue weighted by Gasteiger charge is 2.55. The third kappa shape index (κ3) is 3.34. The highest BCUT2D eigenvalue weighted by Crippen LogP contribution is 2.48. The highest BCUT2D eigenvalue weighted by atomic mass is 16.4. The minimum absolute atomic E-state index is 0.0640. The smallest absolute Gasteiger partial charge is 0.317 e. The van der Waals surface area contributed by atoms with Gasteiger partial charge in [-0.15, -0.1) is 0 Å². The number of hydrogen-bond donors (Lipinski definition) is 2. The van der Waals surface area contributed by atoms with Crippen molar-refractivity contribution in [2.45, 2.75) is 45.2 Å². The predicted octanol–water partition coefficient (Wildman–Crippen LogP) is 2.21. The molecule has 28 heavy (non-hydrogen) atoms. The summed E-state index contributed by atoms with van der Waals surface area (Å²) in [5.74, 6) is -0.609. The number of likely N-dealkylation sites (tertiary alicyclic amines) is 1. The summed E-state index contributed by atoms with van der Waals surface area (Å²) >= 11 is 0. The number of carboxylic acids is 1. The van der Waals surface area contributed by atoms with Gasteiger partial charge in [0.05, 0.1) is 5.41 Å². The van der Waals surface area contributed by atoms with Gasteiger partial charge in [0.15, 0.2) is 0 Å². The van der Waals surface area contributed by atoms with Crippen LogP contribution in [0.4, 0.5) is 4.79 Å². The van der Waals surface area contributed by atoms with Gasteiger partial charge in [-0.1, -0.05) is 30.7 Å². The Bertz CT molecular complexity index is 771. The lowest BCUT2D eigenvalue weighted by atomic mass is 9.81. The fraction of sp³-hybridized carbons (Fsp3) is 0.571. The average Bonchev–Trinajstić information content (AvgIpc) is 3.36. The number of fused-ring (bicyclic) bond motifs is 2. The van der Waals surface area contributed by atoms with Crippen molar-refractivity contribution in [3.8, 4) is 0 Å². The lowest BCUT2D eigenvalue weighted by molar-refractivity contribution is -0.149. The van der Waals surface area contributed by atoms with Crippen LogP contribution in [0.2, 0.25) is 0 Å².